The van der Waals surface area contributed by atoms with Crippen LogP contribution < -0.4 is 10.6 Å². The second-order valence-corrected chi connectivity index (χ2v) is 6.07. The van der Waals surface area contributed by atoms with Crippen LogP contribution in [0.1, 0.15) is 15.9 Å². The zero-order chi connectivity index (χ0) is 19.6. The Hall–Kier alpha value is -3.84. The van der Waals surface area contributed by atoms with Crippen LogP contribution in [-0.4, -0.2) is 24.9 Å². The van der Waals surface area contributed by atoms with E-state index in [1.807, 2.05) is 72.8 Å². The molecular formula is C24H20N2O2. The molecule has 3 aromatic rings. The lowest BCUT2D eigenvalue weighted by Gasteiger charge is -2.06. The normalized spacial score (nSPS) is 9.71. The van der Waals surface area contributed by atoms with Gasteiger partial charge in [-0.25, -0.2) is 0 Å². The number of hydrogen-bond donors (Lipinski definition) is 2. The van der Waals surface area contributed by atoms with Crippen LogP contribution in [0.15, 0.2) is 84.9 Å². The van der Waals surface area contributed by atoms with E-state index in [2.05, 4.69) is 22.5 Å². The van der Waals surface area contributed by atoms with E-state index in [-0.39, 0.29) is 24.9 Å². The fourth-order valence-electron chi connectivity index (χ4n) is 2.58. The van der Waals surface area contributed by atoms with Crippen molar-refractivity contribution in [1.82, 2.24) is 10.6 Å². The number of hydrogen-bond acceptors (Lipinski definition) is 2. The minimum Gasteiger partial charge on any atom is -0.344 e. The first-order chi connectivity index (χ1) is 13.7. The smallest absolute Gasteiger partial charge is 0.251 e. The number of carbonyl (C=O) groups excluding carboxylic acids is 2. The van der Waals surface area contributed by atoms with Crippen molar-refractivity contribution >= 4 is 11.8 Å². The SMILES string of the molecule is O=C(CNC(=O)c1ccc(-c2ccccc2)cc1)NCC#Cc1ccccc1. The number of amides is 2. The first-order valence-electron chi connectivity index (χ1n) is 8.97. The Bertz CT molecular complexity index is 986. The molecule has 0 heterocycles. The van der Waals surface area contributed by atoms with Gasteiger partial charge in [-0.3, -0.25) is 9.59 Å². The summed E-state index contributed by atoms with van der Waals surface area (Å²) in [5.41, 5.74) is 3.53. The third-order valence-electron chi connectivity index (χ3n) is 4.04. The maximum absolute atomic E-state index is 12.2. The summed E-state index contributed by atoms with van der Waals surface area (Å²) in [5.74, 6) is 5.27. The second kappa shape index (κ2) is 9.75. The molecule has 28 heavy (non-hydrogen) atoms. The third kappa shape index (κ3) is 5.58. The molecule has 4 heteroatoms. The molecule has 2 N–H and O–H groups in total. The van der Waals surface area contributed by atoms with Gasteiger partial charge in [0.15, 0.2) is 0 Å². The van der Waals surface area contributed by atoms with Gasteiger partial charge >= 0.3 is 0 Å². The molecule has 3 rings (SSSR count). The van der Waals surface area contributed by atoms with Crippen LogP contribution in [0.25, 0.3) is 11.1 Å². The first kappa shape index (κ1) is 18.9. The average molecular weight is 368 g/mol. The fraction of sp³-hybridized carbons (Fsp3) is 0.0833. The molecule has 138 valence electrons. The van der Waals surface area contributed by atoms with E-state index in [0.29, 0.717) is 5.56 Å². The lowest BCUT2D eigenvalue weighted by molar-refractivity contribution is -0.119. The summed E-state index contributed by atoms with van der Waals surface area (Å²) in [5, 5.41) is 5.28. The summed E-state index contributed by atoms with van der Waals surface area (Å²) >= 11 is 0. The molecule has 0 saturated heterocycles. The first-order valence-corrected chi connectivity index (χ1v) is 8.97. The molecule has 0 aliphatic carbocycles. The van der Waals surface area contributed by atoms with Gasteiger partial charge in [-0.1, -0.05) is 72.5 Å². The molecule has 0 bridgehead atoms. The summed E-state index contributed by atoms with van der Waals surface area (Å²) in [6.07, 6.45) is 0. The highest BCUT2D eigenvalue weighted by molar-refractivity contribution is 5.96. The van der Waals surface area contributed by atoms with Crippen molar-refractivity contribution in [2.75, 3.05) is 13.1 Å². The van der Waals surface area contributed by atoms with Gasteiger partial charge in [-0.2, -0.15) is 0 Å². The van der Waals surface area contributed by atoms with Crippen molar-refractivity contribution in [2.24, 2.45) is 0 Å². The van der Waals surface area contributed by atoms with E-state index < -0.39 is 0 Å². The van der Waals surface area contributed by atoms with E-state index in [1.54, 1.807) is 12.1 Å². The molecule has 0 unspecified atom stereocenters. The van der Waals surface area contributed by atoms with Crippen LogP contribution >= 0.6 is 0 Å². The van der Waals surface area contributed by atoms with Crippen molar-refractivity contribution in [3.8, 4) is 23.0 Å². The Balaban J connectivity index is 1.45. The van der Waals surface area contributed by atoms with Crippen LogP contribution in [0.5, 0.6) is 0 Å². The molecule has 0 radical (unpaired) electrons. The monoisotopic (exact) mass is 368 g/mol. The maximum atomic E-state index is 12.2. The molecule has 4 nitrogen and oxygen atoms in total. The summed E-state index contributed by atoms with van der Waals surface area (Å²) in [6.45, 7) is 0.141. The van der Waals surface area contributed by atoms with Gasteiger partial charge in [0.1, 0.15) is 0 Å². The van der Waals surface area contributed by atoms with Crippen molar-refractivity contribution in [3.05, 3.63) is 96.1 Å². The molecule has 0 aromatic heterocycles. The van der Waals surface area contributed by atoms with Crippen LogP contribution in [-0.2, 0) is 4.79 Å². The standard InChI is InChI=1S/C24H20N2O2/c27-23(25-17-7-10-19-8-3-1-4-9-19)18-26-24(28)22-15-13-21(14-16-22)20-11-5-2-6-12-20/h1-6,8-9,11-16H,17-18H2,(H,25,27)(H,26,28). The third-order valence-corrected chi connectivity index (χ3v) is 4.04. The zero-order valence-electron chi connectivity index (χ0n) is 15.3. The molecule has 2 amide bonds. The Labute approximate surface area is 164 Å². The van der Waals surface area contributed by atoms with Crippen molar-refractivity contribution < 1.29 is 9.59 Å². The van der Waals surface area contributed by atoms with E-state index in [1.165, 1.54) is 0 Å². The highest BCUT2D eigenvalue weighted by Crippen LogP contribution is 2.19. The molecule has 0 aliphatic heterocycles. The predicted molar refractivity (Wildman–Crippen MR) is 111 cm³/mol. The number of benzene rings is 3. The van der Waals surface area contributed by atoms with Gasteiger partial charge in [-0.15, -0.1) is 0 Å². The maximum Gasteiger partial charge on any atom is 0.251 e. The summed E-state index contributed by atoms with van der Waals surface area (Å²) in [4.78, 5) is 24.0. The minimum absolute atomic E-state index is 0.0910. The van der Waals surface area contributed by atoms with E-state index in [4.69, 9.17) is 0 Å². The molecule has 0 fully saturated rings. The van der Waals surface area contributed by atoms with Gasteiger partial charge in [0.05, 0.1) is 13.1 Å². The molecule has 3 aromatic carbocycles. The lowest BCUT2D eigenvalue weighted by atomic mass is 10.0. The fourth-order valence-corrected chi connectivity index (χ4v) is 2.58. The quantitative estimate of drug-likeness (QED) is 0.679. The van der Waals surface area contributed by atoms with E-state index in [0.717, 1.165) is 16.7 Å². The molecular weight excluding hydrogens is 348 g/mol. The van der Waals surface area contributed by atoms with Crippen molar-refractivity contribution in [2.45, 2.75) is 0 Å². The Morgan fingerprint density at radius 1 is 0.714 bits per heavy atom. The molecule has 0 saturated carbocycles. The van der Waals surface area contributed by atoms with E-state index >= 15 is 0 Å². The van der Waals surface area contributed by atoms with Gasteiger partial charge in [-0.05, 0) is 35.4 Å². The second-order valence-electron chi connectivity index (χ2n) is 6.07. The van der Waals surface area contributed by atoms with Crippen LogP contribution in [0.3, 0.4) is 0 Å². The van der Waals surface area contributed by atoms with Gasteiger partial charge in [0.2, 0.25) is 5.91 Å². The summed E-state index contributed by atoms with van der Waals surface area (Å²) in [7, 11) is 0. The summed E-state index contributed by atoms with van der Waals surface area (Å²) in [6, 6.07) is 26.8. The number of nitrogens with one attached hydrogen (secondary N) is 2. The molecule has 0 spiro atoms. The van der Waals surface area contributed by atoms with Crippen molar-refractivity contribution in [1.29, 1.82) is 0 Å². The Kier molecular flexibility index (Phi) is 6.59. The van der Waals surface area contributed by atoms with E-state index in [9.17, 15) is 9.59 Å². The van der Waals surface area contributed by atoms with Crippen LogP contribution in [0, 0.1) is 11.8 Å². The molecule has 0 atom stereocenters. The van der Waals surface area contributed by atoms with Crippen LogP contribution in [0.2, 0.25) is 0 Å². The minimum atomic E-state index is -0.287. The van der Waals surface area contributed by atoms with Crippen molar-refractivity contribution in [3.63, 3.8) is 0 Å². The Morgan fingerprint density at radius 3 is 2.00 bits per heavy atom. The molecule has 0 aliphatic rings. The number of carbonyl (C=O) groups is 2. The highest BCUT2D eigenvalue weighted by atomic mass is 16.2. The highest BCUT2D eigenvalue weighted by Gasteiger charge is 2.08. The van der Waals surface area contributed by atoms with Crippen LogP contribution in [0.4, 0.5) is 0 Å². The largest absolute Gasteiger partial charge is 0.344 e. The van der Waals surface area contributed by atoms with Gasteiger partial charge in [0, 0.05) is 11.1 Å². The van der Waals surface area contributed by atoms with Gasteiger partial charge < -0.3 is 10.6 Å². The Morgan fingerprint density at radius 2 is 1.32 bits per heavy atom. The summed E-state index contributed by atoms with van der Waals surface area (Å²) < 4.78 is 0. The zero-order valence-corrected chi connectivity index (χ0v) is 15.3. The lowest BCUT2D eigenvalue weighted by Crippen LogP contribution is -2.37. The topological polar surface area (TPSA) is 58.2 Å². The number of rotatable bonds is 5. The van der Waals surface area contributed by atoms with Gasteiger partial charge in [0.25, 0.3) is 5.91 Å². The average Bonchev–Trinajstić information content (AvgIpc) is 2.76. The predicted octanol–water partition coefficient (Wildman–Crippen LogP) is 3.25.